The number of hydrogen-bond donors (Lipinski definition) is 0. The lowest BCUT2D eigenvalue weighted by molar-refractivity contribution is -0.0219. The number of nitrogens with zero attached hydrogens (tertiary/aromatic N) is 2. The first kappa shape index (κ1) is 14.4. The number of furan rings is 1. The van der Waals surface area contributed by atoms with Crippen LogP contribution in [0.5, 0.6) is 0 Å². The number of aromatic nitrogens is 1. The summed E-state index contributed by atoms with van der Waals surface area (Å²) in [5.41, 5.74) is 2.83. The lowest BCUT2D eigenvalue weighted by Crippen LogP contribution is -2.42. The number of likely N-dealkylation sites (tertiary alicyclic amines) is 1. The molecular formula is C17H22N2O2S. The Morgan fingerprint density at radius 3 is 2.73 bits per heavy atom. The maximum absolute atomic E-state index is 5.53. The molecule has 2 aliphatic rings. The van der Waals surface area contributed by atoms with Crippen LogP contribution in [-0.4, -0.2) is 36.2 Å². The average molecular weight is 318 g/mol. The van der Waals surface area contributed by atoms with Crippen molar-refractivity contribution in [3.63, 3.8) is 0 Å². The second-order valence-electron chi connectivity index (χ2n) is 6.54. The summed E-state index contributed by atoms with van der Waals surface area (Å²) in [6.07, 6.45) is 8.60. The maximum atomic E-state index is 5.53. The minimum atomic E-state index is 0.568. The molecule has 2 fully saturated rings. The molecule has 4 nitrogen and oxygen atoms in total. The van der Waals surface area contributed by atoms with E-state index in [0.717, 1.165) is 30.3 Å². The molecule has 0 atom stereocenters. The fourth-order valence-electron chi connectivity index (χ4n) is 3.62. The number of piperidine rings is 1. The van der Waals surface area contributed by atoms with Gasteiger partial charge in [0, 0.05) is 30.7 Å². The van der Waals surface area contributed by atoms with E-state index in [9.17, 15) is 0 Å². The van der Waals surface area contributed by atoms with Gasteiger partial charge in [0.25, 0.3) is 0 Å². The molecule has 2 aliphatic heterocycles. The van der Waals surface area contributed by atoms with Crippen LogP contribution < -0.4 is 0 Å². The molecule has 0 bridgehead atoms. The molecule has 2 saturated heterocycles. The van der Waals surface area contributed by atoms with Crippen molar-refractivity contribution in [3.8, 4) is 10.6 Å². The van der Waals surface area contributed by atoms with Gasteiger partial charge in [-0.2, -0.15) is 0 Å². The van der Waals surface area contributed by atoms with Crippen LogP contribution in [0.2, 0.25) is 0 Å². The third-order valence-corrected chi connectivity index (χ3v) is 6.12. The molecule has 1 spiro atoms. The molecular weight excluding hydrogens is 296 g/mol. The Bertz CT molecular complexity index is 592. The minimum Gasteiger partial charge on any atom is -0.472 e. The zero-order valence-corrected chi connectivity index (χ0v) is 13.6. The third-order valence-electron chi connectivity index (χ3n) is 5.18. The first-order chi connectivity index (χ1) is 10.8. The molecule has 5 heteroatoms. The van der Waals surface area contributed by atoms with Gasteiger partial charge in [0.2, 0.25) is 0 Å². The van der Waals surface area contributed by atoms with Crippen LogP contribution in [0, 0.1) is 5.41 Å². The summed E-state index contributed by atoms with van der Waals surface area (Å²) >= 11 is 1.70. The van der Waals surface area contributed by atoms with Crippen LogP contribution in [0.15, 0.2) is 28.4 Å². The summed E-state index contributed by atoms with van der Waals surface area (Å²) in [4.78, 5) is 7.30. The van der Waals surface area contributed by atoms with Gasteiger partial charge in [-0.15, -0.1) is 11.3 Å². The second-order valence-corrected chi connectivity index (χ2v) is 7.40. The fourth-order valence-corrected chi connectivity index (χ4v) is 4.41. The first-order valence-electron chi connectivity index (χ1n) is 8.10. The Balaban J connectivity index is 1.35. The van der Waals surface area contributed by atoms with Crippen LogP contribution >= 0.6 is 11.3 Å². The molecule has 2 aromatic rings. The predicted octanol–water partition coefficient (Wildman–Crippen LogP) is 3.80. The normalized spacial score (nSPS) is 22.2. The van der Waals surface area contributed by atoms with Gasteiger partial charge in [-0.25, -0.2) is 4.98 Å². The first-order valence-corrected chi connectivity index (χ1v) is 8.98. The topological polar surface area (TPSA) is 38.5 Å². The zero-order chi connectivity index (χ0) is 14.8. The highest BCUT2D eigenvalue weighted by atomic mass is 32.1. The van der Waals surface area contributed by atoms with Gasteiger partial charge in [0.15, 0.2) is 0 Å². The second kappa shape index (κ2) is 6.14. The quantitative estimate of drug-likeness (QED) is 0.863. The third kappa shape index (κ3) is 2.98. The van der Waals surface area contributed by atoms with Crippen molar-refractivity contribution >= 4 is 11.3 Å². The van der Waals surface area contributed by atoms with Crippen LogP contribution in [0.3, 0.4) is 0 Å². The minimum absolute atomic E-state index is 0.568. The summed E-state index contributed by atoms with van der Waals surface area (Å²) in [6, 6.07) is 1.97. The van der Waals surface area contributed by atoms with Crippen molar-refractivity contribution < 1.29 is 9.15 Å². The molecule has 118 valence electrons. The van der Waals surface area contributed by atoms with Crippen molar-refractivity contribution in [2.45, 2.75) is 32.2 Å². The lowest BCUT2D eigenvalue weighted by atomic mass is 9.72. The molecule has 4 rings (SSSR count). The van der Waals surface area contributed by atoms with E-state index in [1.807, 2.05) is 6.07 Å². The van der Waals surface area contributed by atoms with Crippen LogP contribution in [0.4, 0.5) is 0 Å². The summed E-state index contributed by atoms with van der Waals surface area (Å²) in [7, 11) is 0. The molecule has 22 heavy (non-hydrogen) atoms. The summed E-state index contributed by atoms with van der Waals surface area (Å²) in [6.45, 7) is 5.28. The highest BCUT2D eigenvalue weighted by molar-refractivity contribution is 7.13. The van der Waals surface area contributed by atoms with Crippen molar-refractivity contribution in [3.05, 3.63) is 29.7 Å². The smallest absolute Gasteiger partial charge is 0.126 e. The van der Waals surface area contributed by atoms with E-state index in [-0.39, 0.29) is 0 Å². The summed E-state index contributed by atoms with van der Waals surface area (Å²) in [5, 5.41) is 3.24. The van der Waals surface area contributed by atoms with Gasteiger partial charge in [0.1, 0.15) is 11.3 Å². The van der Waals surface area contributed by atoms with Crippen molar-refractivity contribution in [1.29, 1.82) is 0 Å². The zero-order valence-electron chi connectivity index (χ0n) is 12.8. The van der Waals surface area contributed by atoms with Gasteiger partial charge in [-0.05, 0) is 50.3 Å². The molecule has 0 aromatic carbocycles. The molecule has 0 unspecified atom stereocenters. The van der Waals surface area contributed by atoms with E-state index in [1.54, 1.807) is 23.9 Å². The van der Waals surface area contributed by atoms with E-state index in [2.05, 4.69) is 10.3 Å². The Morgan fingerprint density at radius 1 is 1.18 bits per heavy atom. The Morgan fingerprint density at radius 2 is 2.00 bits per heavy atom. The van der Waals surface area contributed by atoms with Gasteiger partial charge < -0.3 is 9.15 Å². The average Bonchev–Trinajstić information content (AvgIpc) is 3.22. The van der Waals surface area contributed by atoms with E-state index >= 15 is 0 Å². The molecule has 0 N–H and O–H groups in total. The van der Waals surface area contributed by atoms with Crippen molar-refractivity contribution in [2.24, 2.45) is 5.41 Å². The van der Waals surface area contributed by atoms with E-state index < -0.39 is 0 Å². The summed E-state index contributed by atoms with van der Waals surface area (Å²) < 4.78 is 10.7. The van der Waals surface area contributed by atoms with Crippen LogP contribution in [-0.2, 0) is 11.3 Å². The number of thiazole rings is 1. The highest BCUT2D eigenvalue weighted by Crippen LogP contribution is 2.40. The Labute approximate surface area is 135 Å². The number of ether oxygens (including phenoxy) is 1. The molecule has 0 amide bonds. The lowest BCUT2D eigenvalue weighted by Gasteiger charge is -2.44. The van der Waals surface area contributed by atoms with E-state index in [4.69, 9.17) is 14.1 Å². The van der Waals surface area contributed by atoms with Gasteiger partial charge in [-0.1, -0.05) is 0 Å². The standard InChI is InChI=1S/C17H22N2O2S/c1-8-21-12-14(1)16-18-15(13-22-16)11-19-6-2-17(3-7-19)4-9-20-10-5-17/h1,8,12-13H,2-7,9-11H2. The predicted molar refractivity (Wildman–Crippen MR) is 86.8 cm³/mol. The van der Waals surface area contributed by atoms with Crippen LogP contribution in [0.25, 0.3) is 10.6 Å². The molecule has 2 aromatic heterocycles. The molecule has 0 saturated carbocycles. The molecule has 0 aliphatic carbocycles. The van der Waals surface area contributed by atoms with Crippen LogP contribution in [0.1, 0.15) is 31.4 Å². The molecule has 0 radical (unpaired) electrons. The largest absolute Gasteiger partial charge is 0.472 e. The monoisotopic (exact) mass is 318 g/mol. The van der Waals surface area contributed by atoms with Gasteiger partial charge >= 0.3 is 0 Å². The van der Waals surface area contributed by atoms with Gasteiger partial charge in [-0.3, -0.25) is 4.90 Å². The maximum Gasteiger partial charge on any atom is 0.126 e. The fraction of sp³-hybridized carbons (Fsp3) is 0.588. The number of rotatable bonds is 3. The number of hydrogen-bond acceptors (Lipinski definition) is 5. The molecule has 4 heterocycles. The van der Waals surface area contributed by atoms with Gasteiger partial charge in [0.05, 0.1) is 12.0 Å². The highest BCUT2D eigenvalue weighted by Gasteiger charge is 2.35. The van der Waals surface area contributed by atoms with E-state index in [0.29, 0.717) is 5.41 Å². The Kier molecular flexibility index (Phi) is 4.03. The van der Waals surface area contributed by atoms with Crippen molar-refractivity contribution in [1.82, 2.24) is 9.88 Å². The SMILES string of the molecule is c1cc(-c2nc(CN3CCC4(CCOCC4)CC3)cs2)co1. The van der Waals surface area contributed by atoms with Crippen molar-refractivity contribution in [2.75, 3.05) is 26.3 Å². The summed E-state index contributed by atoms with van der Waals surface area (Å²) in [5.74, 6) is 0. The van der Waals surface area contributed by atoms with E-state index in [1.165, 1.54) is 44.5 Å². The Hall–Kier alpha value is -1.17.